The van der Waals surface area contributed by atoms with Crippen LogP contribution < -0.4 is 4.74 Å². The fraction of sp³-hybridized carbons (Fsp3) is 0.250. The van der Waals surface area contributed by atoms with Gasteiger partial charge in [0.1, 0.15) is 17.4 Å². The van der Waals surface area contributed by atoms with Gasteiger partial charge >= 0.3 is 0 Å². The van der Waals surface area contributed by atoms with Crippen LogP contribution in [-0.4, -0.2) is 7.11 Å². The monoisotopic (exact) mass is 296 g/mol. The van der Waals surface area contributed by atoms with Crippen LogP contribution in [0.2, 0.25) is 0 Å². The molecule has 0 aliphatic heterocycles. The maximum absolute atomic E-state index is 14.1. The van der Waals surface area contributed by atoms with Gasteiger partial charge in [0.05, 0.1) is 12.5 Å². The zero-order valence-electron chi connectivity index (χ0n) is 11.5. The lowest BCUT2D eigenvalue weighted by molar-refractivity contribution is 0.410. The number of alkyl halides is 1. The first-order chi connectivity index (χ1) is 9.43. The first-order valence-electron chi connectivity index (χ1n) is 6.18. The van der Waals surface area contributed by atoms with Gasteiger partial charge in [0, 0.05) is 11.6 Å². The summed E-state index contributed by atoms with van der Waals surface area (Å²) in [5.41, 5.74) is 2.50. The predicted molar refractivity (Wildman–Crippen MR) is 76.5 cm³/mol. The summed E-state index contributed by atoms with van der Waals surface area (Å²) in [6.45, 7) is 3.53. The molecule has 0 bridgehead atoms. The van der Waals surface area contributed by atoms with Crippen molar-refractivity contribution in [3.05, 3.63) is 64.2 Å². The lowest BCUT2D eigenvalue weighted by Gasteiger charge is -2.17. The van der Waals surface area contributed by atoms with Crippen LogP contribution in [0.3, 0.4) is 0 Å². The molecule has 1 nitrogen and oxygen atoms in total. The summed E-state index contributed by atoms with van der Waals surface area (Å²) in [5.74, 6) is -0.321. The normalized spacial score (nSPS) is 12.3. The Morgan fingerprint density at radius 1 is 1.05 bits per heavy atom. The minimum Gasteiger partial charge on any atom is -0.497 e. The molecular weight excluding hydrogens is 282 g/mol. The van der Waals surface area contributed by atoms with E-state index in [1.54, 1.807) is 26.0 Å². The Labute approximate surface area is 122 Å². The number of hydrogen-bond donors (Lipinski definition) is 0. The lowest BCUT2D eigenvalue weighted by atomic mass is 9.95. The SMILES string of the molecule is COc1ccc(C(Cl)c2c(C)cc(F)cc2C)c(F)c1. The summed E-state index contributed by atoms with van der Waals surface area (Å²) in [6.07, 6.45) is 0. The predicted octanol–water partition coefficient (Wildman–Crippen LogP) is 4.92. The Kier molecular flexibility index (Phi) is 4.29. The second-order valence-electron chi connectivity index (χ2n) is 4.70. The number of ether oxygens (including phenoxy) is 1. The fourth-order valence-corrected chi connectivity index (χ4v) is 2.84. The summed E-state index contributed by atoms with van der Waals surface area (Å²) >= 11 is 6.39. The van der Waals surface area contributed by atoms with E-state index in [0.29, 0.717) is 22.4 Å². The topological polar surface area (TPSA) is 9.23 Å². The van der Waals surface area contributed by atoms with Crippen LogP contribution in [0.25, 0.3) is 0 Å². The van der Waals surface area contributed by atoms with Crippen molar-refractivity contribution in [2.45, 2.75) is 19.2 Å². The van der Waals surface area contributed by atoms with Crippen molar-refractivity contribution in [2.75, 3.05) is 7.11 Å². The molecule has 2 aromatic rings. The second-order valence-corrected chi connectivity index (χ2v) is 5.14. The summed E-state index contributed by atoms with van der Waals surface area (Å²) in [6, 6.07) is 7.34. The van der Waals surface area contributed by atoms with E-state index in [9.17, 15) is 8.78 Å². The third-order valence-corrected chi connectivity index (χ3v) is 3.75. The molecule has 2 aromatic carbocycles. The van der Waals surface area contributed by atoms with Crippen molar-refractivity contribution < 1.29 is 13.5 Å². The third-order valence-electron chi connectivity index (χ3n) is 3.29. The molecule has 106 valence electrons. The standard InChI is InChI=1S/C16H15ClF2O/c1-9-6-11(18)7-10(2)15(9)16(17)13-5-4-12(20-3)8-14(13)19/h4-8,16H,1-3H3. The van der Waals surface area contributed by atoms with Gasteiger partial charge in [-0.1, -0.05) is 6.07 Å². The fourth-order valence-electron chi connectivity index (χ4n) is 2.32. The zero-order chi connectivity index (χ0) is 14.9. The zero-order valence-corrected chi connectivity index (χ0v) is 12.3. The molecule has 0 fully saturated rings. The number of halogens is 3. The van der Waals surface area contributed by atoms with Crippen LogP contribution in [0.5, 0.6) is 5.75 Å². The van der Waals surface area contributed by atoms with E-state index in [2.05, 4.69) is 0 Å². The van der Waals surface area contributed by atoms with Gasteiger partial charge in [-0.2, -0.15) is 0 Å². The van der Waals surface area contributed by atoms with Gasteiger partial charge in [-0.3, -0.25) is 0 Å². The number of benzene rings is 2. The highest BCUT2D eigenvalue weighted by Crippen LogP contribution is 2.36. The molecule has 0 spiro atoms. The molecule has 0 aliphatic rings. The van der Waals surface area contributed by atoms with Crippen LogP contribution >= 0.6 is 11.6 Å². The molecule has 0 heterocycles. The summed E-state index contributed by atoms with van der Waals surface area (Å²) < 4.78 is 32.4. The molecule has 0 amide bonds. The van der Waals surface area contributed by atoms with E-state index >= 15 is 0 Å². The molecule has 1 unspecified atom stereocenters. The molecule has 0 radical (unpaired) electrons. The minimum absolute atomic E-state index is 0.317. The summed E-state index contributed by atoms with van der Waals surface area (Å²) in [4.78, 5) is 0. The summed E-state index contributed by atoms with van der Waals surface area (Å²) in [7, 11) is 1.47. The largest absolute Gasteiger partial charge is 0.497 e. The van der Waals surface area contributed by atoms with Crippen molar-refractivity contribution in [3.63, 3.8) is 0 Å². The van der Waals surface area contributed by atoms with Gasteiger partial charge < -0.3 is 4.74 Å². The average molecular weight is 297 g/mol. The first-order valence-corrected chi connectivity index (χ1v) is 6.62. The Morgan fingerprint density at radius 3 is 2.15 bits per heavy atom. The molecule has 0 N–H and O–H groups in total. The third kappa shape index (κ3) is 2.78. The van der Waals surface area contributed by atoms with Gasteiger partial charge in [0.2, 0.25) is 0 Å². The van der Waals surface area contributed by atoms with Crippen molar-refractivity contribution in [1.29, 1.82) is 0 Å². The van der Waals surface area contributed by atoms with Crippen LogP contribution in [0, 0.1) is 25.5 Å². The molecule has 0 aliphatic carbocycles. The van der Waals surface area contributed by atoms with E-state index < -0.39 is 11.2 Å². The van der Waals surface area contributed by atoms with Crippen LogP contribution in [-0.2, 0) is 0 Å². The first kappa shape index (κ1) is 14.8. The maximum Gasteiger partial charge on any atom is 0.131 e. The minimum atomic E-state index is -0.665. The summed E-state index contributed by atoms with van der Waals surface area (Å²) in [5, 5.41) is -0.665. The van der Waals surface area contributed by atoms with Crippen molar-refractivity contribution in [1.82, 2.24) is 0 Å². The van der Waals surface area contributed by atoms with E-state index in [4.69, 9.17) is 16.3 Å². The Hall–Kier alpha value is -1.61. The van der Waals surface area contributed by atoms with E-state index in [1.807, 2.05) is 0 Å². The molecule has 20 heavy (non-hydrogen) atoms. The smallest absolute Gasteiger partial charge is 0.131 e. The second kappa shape index (κ2) is 5.80. The highest BCUT2D eigenvalue weighted by atomic mass is 35.5. The van der Waals surface area contributed by atoms with E-state index in [-0.39, 0.29) is 5.82 Å². The van der Waals surface area contributed by atoms with Gasteiger partial charge in [-0.25, -0.2) is 8.78 Å². The Morgan fingerprint density at radius 2 is 1.65 bits per heavy atom. The quantitative estimate of drug-likeness (QED) is 0.731. The number of aryl methyl sites for hydroxylation is 2. The van der Waals surface area contributed by atoms with Gasteiger partial charge in [-0.05, 0) is 48.7 Å². The molecule has 0 aromatic heterocycles. The molecule has 1 atom stereocenters. The van der Waals surface area contributed by atoms with Gasteiger partial charge in [-0.15, -0.1) is 11.6 Å². The number of rotatable bonds is 3. The molecule has 0 saturated carbocycles. The molecule has 0 saturated heterocycles. The highest BCUT2D eigenvalue weighted by Gasteiger charge is 2.20. The van der Waals surface area contributed by atoms with E-state index in [1.165, 1.54) is 25.3 Å². The maximum atomic E-state index is 14.1. The van der Waals surface area contributed by atoms with Crippen molar-refractivity contribution >= 4 is 11.6 Å². The van der Waals surface area contributed by atoms with Crippen LogP contribution in [0.1, 0.15) is 27.6 Å². The Balaban J connectivity index is 2.49. The van der Waals surface area contributed by atoms with Crippen molar-refractivity contribution in [2.24, 2.45) is 0 Å². The van der Waals surface area contributed by atoms with Crippen LogP contribution in [0.15, 0.2) is 30.3 Å². The lowest BCUT2D eigenvalue weighted by Crippen LogP contribution is -2.03. The number of hydrogen-bond acceptors (Lipinski definition) is 1. The molecular formula is C16H15ClF2O. The average Bonchev–Trinajstić information content (AvgIpc) is 2.37. The Bertz CT molecular complexity index is 617. The van der Waals surface area contributed by atoms with E-state index in [0.717, 1.165) is 5.56 Å². The van der Waals surface area contributed by atoms with Crippen molar-refractivity contribution in [3.8, 4) is 5.75 Å². The number of methoxy groups -OCH3 is 1. The van der Waals surface area contributed by atoms with Crippen LogP contribution in [0.4, 0.5) is 8.78 Å². The van der Waals surface area contributed by atoms with Gasteiger partial charge in [0.25, 0.3) is 0 Å². The highest BCUT2D eigenvalue weighted by molar-refractivity contribution is 6.22. The van der Waals surface area contributed by atoms with Gasteiger partial charge in [0.15, 0.2) is 0 Å². The molecule has 4 heteroatoms. The molecule has 2 rings (SSSR count).